The van der Waals surface area contributed by atoms with Crippen LogP contribution in [0.25, 0.3) is 0 Å². The lowest BCUT2D eigenvalue weighted by molar-refractivity contribution is -0.117. The maximum atomic E-state index is 12.4. The first-order valence-electron chi connectivity index (χ1n) is 8.52. The first-order valence-corrected chi connectivity index (χ1v) is 8.52. The number of carbonyl (C=O) groups excluding carboxylic acids is 2. The Labute approximate surface area is 142 Å². The smallest absolute Gasteiger partial charge is 0.321 e. The highest BCUT2D eigenvalue weighted by Crippen LogP contribution is 2.22. The van der Waals surface area contributed by atoms with Gasteiger partial charge in [0.15, 0.2) is 0 Å². The van der Waals surface area contributed by atoms with Crippen molar-refractivity contribution in [2.45, 2.75) is 38.8 Å². The third-order valence-electron chi connectivity index (χ3n) is 4.56. The number of carbonyl (C=O) groups is 2. The van der Waals surface area contributed by atoms with E-state index in [0.29, 0.717) is 30.7 Å². The number of anilines is 2. The maximum Gasteiger partial charge on any atom is 0.321 e. The minimum absolute atomic E-state index is 0.0640. The molecule has 0 spiro atoms. The lowest BCUT2D eigenvalue weighted by Crippen LogP contribution is -2.46. The molecule has 7 heteroatoms. The Morgan fingerprint density at radius 1 is 1.33 bits per heavy atom. The van der Waals surface area contributed by atoms with E-state index < -0.39 is 0 Å². The molecule has 7 nitrogen and oxygen atoms in total. The number of amides is 3. The maximum absolute atomic E-state index is 12.4. The highest BCUT2D eigenvalue weighted by atomic mass is 16.2. The molecule has 2 aliphatic heterocycles. The second-order valence-electron chi connectivity index (χ2n) is 6.70. The molecule has 1 aromatic carbocycles. The second kappa shape index (κ2) is 7.19. The van der Waals surface area contributed by atoms with E-state index in [1.54, 1.807) is 4.90 Å². The summed E-state index contributed by atoms with van der Waals surface area (Å²) in [5.41, 5.74) is 7.72. The normalized spacial score (nSPS) is 24.1. The predicted octanol–water partition coefficient (Wildman–Crippen LogP) is 1.44. The zero-order valence-corrected chi connectivity index (χ0v) is 14.1. The summed E-state index contributed by atoms with van der Waals surface area (Å²) < 4.78 is 0. The molecule has 0 saturated carbocycles. The molecule has 2 aliphatic rings. The Morgan fingerprint density at radius 2 is 2.17 bits per heavy atom. The van der Waals surface area contributed by atoms with Gasteiger partial charge in [-0.2, -0.15) is 0 Å². The van der Waals surface area contributed by atoms with Crippen molar-refractivity contribution in [3.8, 4) is 0 Å². The molecule has 130 valence electrons. The van der Waals surface area contributed by atoms with Crippen molar-refractivity contribution in [3.63, 3.8) is 0 Å². The number of nitrogens with one attached hydrogen (secondary N) is 4. The van der Waals surface area contributed by atoms with Crippen LogP contribution in [0.4, 0.5) is 16.2 Å². The van der Waals surface area contributed by atoms with Gasteiger partial charge in [-0.25, -0.2) is 10.2 Å². The molecule has 0 radical (unpaired) electrons. The number of hydrazine groups is 1. The summed E-state index contributed by atoms with van der Waals surface area (Å²) in [7, 11) is 0. The van der Waals surface area contributed by atoms with E-state index in [0.717, 1.165) is 18.5 Å². The van der Waals surface area contributed by atoms with Crippen molar-refractivity contribution >= 4 is 23.3 Å². The fourth-order valence-corrected chi connectivity index (χ4v) is 3.05. The van der Waals surface area contributed by atoms with Crippen molar-refractivity contribution in [2.75, 3.05) is 23.3 Å². The van der Waals surface area contributed by atoms with E-state index in [9.17, 15) is 9.59 Å². The number of urea groups is 1. The summed E-state index contributed by atoms with van der Waals surface area (Å²) in [5.74, 6) is 0.405. The average Bonchev–Trinajstić information content (AvgIpc) is 3.06. The van der Waals surface area contributed by atoms with Crippen LogP contribution in [0.3, 0.4) is 0 Å². The summed E-state index contributed by atoms with van der Waals surface area (Å²) in [6.45, 7) is 5.66. The van der Waals surface area contributed by atoms with Crippen molar-refractivity contribution in [3.05, 3.63) is 24.3 Å². The molecule has 24 heavy (non-hydrogen) atoms. The van der Waals surface area contributed by atoms with Gasteiger partial charge in [-0.05, 0) is 37.0 Å². The summed E-state index contributed by atoms with van der Waals surface area (Å²) in [4.78, 5) is 26.1. The number of nitrogens with zero attached hydrogens (tertiary/aromatic N) is 1. The van der Waals surface area contributed by atoms with Crippen molar-refractivity contribution in [1.29, 1.82) is 0 Å². The average molecular weight is 331 g/mol. The van der Waals surface area contributed by atoms with Crippen molar-refractivity contribution < 1.29 is 9.59 Å². The molecule has 1 aromatic rings. The van der Waals surface area contributed by atoms with Gasteiger partial charge in [0.25, 0.3) is 0 Å². The summed E-state index contributed by atoms with van der Waals surface area (Å²) in [5, 5.41) is 5.77. The molecule has 0 bridgehead atoms. The van der Waals surface area contributed by atoms with Gasteiger partial charge in [-0.15, -0.1) is 0 Å². The van der Waals surface area contributed by atoms with E-state index in [2.05, 4.69) is 35.3 Å². The van der Waals surface area contributed by atoms with E-state index >= 15 is 0 Å². The first kappa shape index (κ1) is 16.7. The third kappa shape index (κ3) is 3.68. The molecule has 2 atom stereocenters. The van der Waals surface area contributed by atoms with Crippen LogP contribution in [0.15, 0.2) is 24.3 Å². The fraction of sp³-hybridized carbons (Fsp3) is 0.529. The Morgan fingerprint density at radius 3 is 2.88 bits per heavy atom. The Bertz CT molecular complexity index is 619. The van der Waals surface area contributed by atoms with Crippen molar-refractivity contribution in [2.24, 2.45) is 5.92 Å². The summed E-state index contributed by atoms with van der Waals surface area (Å²) in [6.07, 6.45) is 1.67. The van der Waals surface area contributed by atoms with Gasteiger partial charge in [0, 0.05) is 30.5 Å². The topological polar surface area (TPSA) is 85.5 Å². The largest absolute Gasteiger partial charge is 0.338 e. The van der Waals surface area contributed by atoms with Crippen LogP contribution >= 0.6 is 0 Å². The molecule has 3 amide bonds. The van der Waals surface area contributed by atoms with Crippen LogP contribution in [0.5, 0.6) is 0 Å². The predicted molar refractivity (Wildman–Crippen MR) is 93.7 cm³/mol. The van der Waals surface area contributed by atoms with Crippen LogP contribution in [0, 0.1) is 5.92 Å². The molecule has 3 rings (SSSR count). The minimum atomic E-state index is -0.251. The molecule has 2 fully saturated rings. The number of benzene rings is 1. The van der Waals surface area contributed by atoms with Crippen LogP contribution in [0.2, 0.25) is 0 Å². The molecule has 4 N–H and O–H groups in total. The van der Waals surface area contributed by atoms with E-state index in [4.69, 9.17) is 0 Å². The monoisotopic (exact) mass is 331 g/mol. The van der Waals surface area contributed by atoms with Gasteiger partial charge < -0.3 is 10.6 Å². The molecular weight excluding hydrogens is 306 g/mol. The van der Waals surface area contributed by atoms with E-state index in [-0.39, 0.29) is 18.0 Å². The van der Waals surface area contributed by atoms with Gasteiger partial charge >= 0.3 is 6.03 Å². The van der Waals surface area contributed by atoms with Gasteiger partial charge in [-0.3, -0.25) is 15.1 Å². The quantitative estimate of drug-likeness (QED) is 0.672. The van der Waals surface area contributed by atoms with E-state index in [1.165, 1.54) is 0 Å². The number of hydrogen-bond acceptors (Lipinski definition) is 4. The van der Waals surface area contributed by atoms with E-state index in [1.807, 2.05) is 24.3 Å². The Hall–Kier alpha value is -2.12. The molecular formula is C17H25N5O2. The number of hydrogen-bond donors (Lipinski definition) is 4. The van der Waals surface area contributed by atoms with Gasteiger partial charge in [0.2, 0.25) is 5.91 Å². The highest BCUT2D eigenvalue weighted by molar-refractivity contribution is 5.97. The lowest BCUT2D eigenvalue weighted by atomic mass is 9.99. The standard InChI is InChI=1S/C17H25N5O2/c1-11(2)14-10-15(21-20-14)16(23)19-12-5-3-6-13(9-12)22-8-4-7-18-17(22)24/h3,5-6,9,11,14-15,20-21H,4,7-8,10H2,1-2H3,(H,18,24)(H,19,23). The molecule has 2 heterocycles. The minimum Gasteiger partial charge on any atom is -0.338 e. The third-order valence-corrected chi connectivity index (χ3v) is 4.56. The highest BCUT2D eigenvalue weighted by Gasteiger charge is 2.30. The van der Waals surface area contributed by atoms with Crippen LogP contribution in [-0.2, 0) is 4.79 Å². The Kier molecular flexibility index (Phi) is 5.01. The van der Waals surface area contributed by atoms with Gasteiger partial charge in [0.1, 0.15) is 6.04 Å². The molecule has 0 aliphatic carbocycles. The van der Waals surface area contributed by atoms with Crippen LogP contribution in [-0.4, -0.2) is 37.1 Å². The van der Waals surface area contributed by atoms with Gasteiger partial charge in [-0.1, -0.05) is 19.9 Å². The summed E-state index contributed by atoms with van der Waals surface area (Å²) in [6, 6.07) is 7.36. The Balaban J connectivity index is 1.64. The zero-order chi connectivity index (χ0) is 17.1. The van der Waals surface area contributed by atoms with Crippen LogP contribution < -0.4 is 26.4 Å². The molecule has 0 aromatic heterocycles. The number of rotatable bonds is 4. The molecule has 2 unspecified atom stereocenters. The first-order chi connectivity index (χ1) is 11.5. The fourth-order valence-electron chi connectivity index (χ4n) is 3.05. The van der Waals surface area contributed by atoms with Crippen LogP contribution in [0.1, 0.15) is 26.7 Å². The second-order valence-corrected chi connectivity index (χ2v) is 6.70. The summed E-state index contributed by atoms with van der Waals surface area (Å²) >= 11 is 0. The van der Waals surface area contributed by atoms with Crippen molar-refractivity contribution in [1.82, 2.24) is 16.2 Å². The lowest BCUT2D eigenvalue weighted by Gasteiger charge is -2.27. The SMILES string of the molecule is CC(C)C1CC(C(=O)Nc2cccc(N3CCCNC3=O)c2)NN1. The van der Waals surface area contributed by atoms with Gasteiger partial charge in [0.05, 0.1) is 0 Å². The molecule has 2 saturated heterocycles. The zero-order valence-electron chi connectivity index (χ0n) is 14.1.